The first kappa shape index (κ1) is 26.7. The molecule has 7 nitrogen and oxygen atoms in total. The first-order valence-electron chi connectivity index (χ1n) is 11.4. The molecule has 0 saturated heterocycles. The maximum absolute atomic E-state index is 13.5. The Labute approximate surface area is 207 Å². The number of halogens is 3. The molecule has 3 rings (SSSR count). The second-order valence-corrected chi connectivity index (χ2v) is 9.12. The zero-order valence-corrected chi connectivity index (χ0v) is 20.5. The summed E-state index contributed by atoms with van der Waals surface area (Å²) in [4.78, 5) is 30.2. The lowest BCUT2D eigenvalue weighted by Gasteiger charge is -2.21. The van der Waals surface area contributed by atoms with E-state index in [1.54, 1.807) is 26.2 Å². The number of nitriles is 1. The minimum absolute atomic E-state index is 0.0793. The molecule has 0 spiro atoms. The van der Waals surface area contributed by atoms with Crippen LogP contribution in [0.2, 0.25) is 0 Å². The van der Waals surface area contributed by atoms with Crippen LogP contribution in [0.4, 0.5) is 13.2 Å². The van der Waals surface area contributed by atoms with Gasteiger partial charge in [0.2, 0.25) is 0 Å². The van der Waals surface area contributed by atoms with Gasteiger partial charge in [-0.1, -0.05) is 0 Å². The number of aliphatic imine (C=N–C) groups is 2. The van der Waals surface area contributed by atoms with Crippen LogP contribution in [-0.2, 0) is 11.6 Å². The quantitative estimate of drug-likeness (QED) is 0.491. The van der Waals surface area contributed by atoms with Crippen molar-refractivity contribution in [2.24, 2.45) is 9.98 Å². The molecule has 36 heavy (non-hydrogen) atoms. The molecule has 1 fully saturated rings. The molecular formula is C26H27F3N6O. The second-order valence-electron chi connectivity index (χ2n) is 9.12. The molecule has 2 aromatic rings. The molecule has 0 radical (unpaired) electrons. The number of rotatable bonds is 8. The Bertz CT molecular complexity index is 1250. The molecule has 1 aromatic carbocycles. The van der Waals surface area contributed by atoms with Gasteiger partial charge in [0, 0.05) is 24.2 Å². The summed E-state index contributed by atoms with van der Waals surface area (Å²) in [7, 11) is 0. The minimum Gasteiger partial charge on any atom is -0.344 e. The van der Waals surface area contributed by atoms with Gasteiger partial charge in [-0.05, 0) is 82.5 Å². The fraction of sp³-hybridized carbons (Fsp3) is 0.385. The summed E-state index contributed by atoms with van der Waals surface area (Å²) < 4.78 is 40.6. The third kappa shape index (κ3) is 6.03. The van der Waals surface area contributed by atoms with Crippen LogP contribution in [-0.4, -0.2) is 34.8 Å². The standard InChI is InChI=1S/C26H27F3N6O/c1-6-32-22(23-33-12-18(13-34-23)16-7-8-16)21(31-5)15(2)35-24(36)17-9-19(25(3,4)14-30)11-20(10-17)26(27,28)29/h6,9-13,15-16H,5,7-8H2,1-4H3,(H,35,36)/b22-21-,32-6-. The Kier molecular flexibility index (Phi) is 7.72. The number of hydrogen-bond donors (Lipinski definition) is 1. The lowest BCUT2D eigenvalue weighted by Crippen LogP contribution is -2.34. The van der Waals surface area contributed by atoms with Gasteiger partial charge in [-0.3, -0.25) is 14.8 Å². The van der Waals surface area contributed by atoms with Crippen LogP contribution in [0.1, 0.15) is 79.3 Å². The van der Waals surface area contributed by atoms with E-state index in [4.69, 9.17) is 0 Å². The first-order valence-corrected chi connectivity index (χ1v) is 11.4. The summed E-state index contributed by atoms with van der Waals surface area (Å²) in [5.41, 5.74) is -0.821. The van der Waals surface area contributed by atoms with E-state index in [2.05, 4.69) is 32.0 Å². The van der Waals surface area contributed by atoms with Gasteiger partial charge in [-0.15, -0.1) is 0 Å². The van der Waals surface area contributed by atoms with Crippen LogP contribution in [0.15, 0.2) is 46.3 Å². The molecule has 1 aliphatic rings. The summed E-state index contributed by atoms with van der Waals surface area (Å²) in [5, 5.41) is 12.1. The normalized spacial score (nSPS) is 15.7. The second kappa shape index (κ2) is 10.4. The molecule has 1 atom stereocenters. The van der Waals surface area contributed by atoms with E-state index in [-0.39, 0.29) is 28.3 Å². The average Bonchev–Trinajstić information content (AvgIpc) is 3.69. The molecule has 1 aromatic heterocycles. The summed E-state index contributed by atoms with van der Waals surface area (Å²) in [6, 6.07) is 4.12. The maximum Gasteiger partial charge on any atom is 0.416 e. The van der Waals surface area contributed by atoms with Gasteiger partial charge in [0.15, 0.2) is 5.82 Å². The molecule has 10 heteroatoms. The first-order chi connectivity index (χ1) is 16.9. The van der Waals surface area contributed by atoms with Gasteiger partial charge in [0.05, 0.1) is 28.8 Å². The maximum atomic E-state index is 13.5. The van der Waals surface area contributed by atoms with E-state index in [1.807, 2.05) is 6.07 Å². The molecule has 1 unspecified atom stereocenters. The van der Waals surface area contributed by atoms with Crippen LogP contribution in [0.5, 0.6) is 0 Å². The van der Waals surface area contributed by atoms with E-state index in [0.29, 0.717) is 5.92 Å². The number of carbonyl (C=O) groups is 1. The summed E-state index contributed by atoms with van der Waals surface area (Å²) in [5.74, 6) is -0.00702. The zero-order chi connectivity index (χ0) is 26.7. The minimum atomic E-state index is -4.69. The molecule has 1 heterocycles. The van der Waals surface area contributed by atoms with Crippen molar-refractivity contribution in [3.63, 3.8) is 0 Å². The third-order valence-corrected chi connectivity index (χ3v) is 5.89. The monoisotopic (exact) mass is 496 g/mol. The number of carbonyl (C=O) groups excluding carboxylic acids is 1. The Morgan fingerprint density at radius 2 is 1.83 bits per heavy atom. The topological polar surface area (TPSA) is 103 Å². The lowest BCUT2D eigenvalue weighted by molar-refractivity contribution is -0.137. The van der Waals surface area contributed by atoms with Gasteiger partial charge in [0.1, 0.15) is 5.70 Å². The number of benzene rings is 1. The Hall–Kier alpha value is -3.87. The Morgan fingerprint density at radius 3 is 2.33 bits per heavy atom. The predicted molar refractivity (Wildman–Crippen MR) is 132 cm³/mol. The fourth-order valence-electron chi connectivity index (χ4n) is 3.57. The number of aromatic nitrogens is 2. The number of alkyl halides is 3. The smallest absolute Gasteiger partial charge is 0.344 e. The van der Waals surface area contributed by atoms with Gasteiger partial charge in [0.25, 0.3) is 5.91 Å². The number of hydrogen-bond acceptors (Lipinski definition) is 6. The van der Waals surface area contributed by atoms with Crippen LogP contribution in [0.25, 0.3) is 5.70 Å². The van der Waals surface area contributed by atoms with Crippen molar-refractivity contribution in [1.29, 1.82) is 5.26 Å². The number of nitrogens with one attached hydrogen (secondary N) is 1. The molecule has 1 N–H and O–H groups in total. The SMILES string of the molecule is C=N/C(=C(\N=C/C)c1ncc(C2CC2)cn1)C(C)NC(=O)c1cc(C(F)(F)F)cc(C(C)(C)C#N)c1. The third-order valence-electron chi connectivity index (χ3n) is 5.89. The molecule has 0 aliphatic heterocycles. The van der Waals surface area contributed by atoms with Crippen molar-refractivity contribution in [3.8, 4) is 6.07 Å². The highest BCUT2D eigenvalue weighted by Crippen LogP contribution is 2.39. The summed E-state index contributed by atoms with van der Waals surface area (Å²) in [6.07, 6.45) is 2.50. The van der Waals surface area contributed by atoms with Crippen molar-refractivity contribution in [3.05, 3.63) is 64.4 Å². The molecule has 0 bridgehead atoms. The van der Waals surface area contributed by atoms with Crippen molar-refractivity contribution >= 4 is 24.5 Å². The fourth-order valence-corrected chi connectivity index (χ4v) is 3.57. The van der Waals surface area contributed by atoms with E-state index >= 15 is 0 Å². The van der Waals surface area contributed by atoms with Gasteiger partial charge >= 0.3 is 6.18 Å². The van der Waals surface area contributed by atoms with Gasteiger partial charge < -0.3 is 5.32 Å². The highest BCUT2D eigenvalue weighted by Gasteiger charge is 2.34. The molecule has 188 valence electrons. The van der Waals surface area contributed by atoms with Crippen molar-refractivity contribution in [2.75, 3.05) is 0 Å². The molecular weight excluding hydrogens is 469 g/mol. The highest BCUT2D eigenvalue weighted by molar-refractivity contribution is 5.95. The van der Waals surface area contributed by atoms with Crippen molar-refractivity contribution < 1.29 is 18.0 Å². The van der Waals surface area contributed by atoms with Crippen LogP contribution < -0.4 is 5.32 Å². The lowest BCUT2D eigenvalue weighted by atomic mass is 9.84. The molecule has 1 amide bonds. The number of amides is 1. The van der Waals surface area contributed by atoms with Gasteiger partial charge in [-0.25, -0.2) is 9.97 Å². The highest BCUT2D eigenvalue weighted by atomic mass is 19.4. The van der Waals surface area contributed by atoms with Crippen LogP contribution >= 0.6 is 0 Å². The van der Waals surface area contributed by atoms with Crippen molar-refractivity contribution in [1.82, 2.24) is 15.3 Å². The Balaban J connectivity index is 1.97. The average molecular weight is 497 g/mol. The predicted octanol–water partition coefficient (Wildman–Crippen LogP) is 5.45. The summed E-state index contributed by atoms with van der Waals surface area (Å²) in [6.45, 7) is 9.86. The molecule has 1 aliphatic carbocycles. The Morgan fingerprint density at radius 1 is 1.22 bits per heavy atom. The van der Waals surface area contributed by atoms with Crippen LogP contribution in [0, 0.1) is 11.3 Å². The zero-order valence-electron chi connectivity index (χ0n) is 20.5. The summed E-state index contributed by atoms with van der Waals surface area (Å²) >= 11 is 0. The number of nitrogens with zero attached hydrogens (tertiary/aromatic N) is 5. The van der Waals surface area contributed by atoms with Gasteiger partial charge in [-0.2, -0.15) is 18.4 Å². The van der Waals surface area contributed by atoms with E-state index in [0.717, 1.165) is 30.5 Å². The van der Waals surface area contributed by atoms with E-state index < -0.39 is 29.1 Å². The largest absolute Gasteiger partial charge is 0.416 e. The van der Waals surface area contributed by atoms with E-state index in [1.165, 1.54) is 26.1 Å². The van der Waals surface area contributed by atoms with Crippen LogP contribution in [0.3, 0.4) is 0 Å². The molecule has 1 saturated carbocycles. The van der Waals surface area contributed by atoms with E-state index in [9.17, 15) is 23.2 Å². The van der Waals surface area contributed by atoms with Crippen molar-refractivity contribution in [2.45, 2.75) is 64.1 Å².